The van der Waals surface area contributed by atoms with E-state index < -0.39 is 30.1 Å². The van der Waals surface area contributed by atoms with Crippen LogP contribution in [0, 0.1) is 11.8 Å². The minimum absolute atomic E-state index is 0.113. The molecule has 1 aliphatic carbocycles. The first-order valence-electron chi connectivity index (χ1n) is 14.6. The van der Waals surface area contributed by atoms with E-state index in [1.807, 2.05) is 80.4 Å². The minimum Gasteiger partial charge on any atom is -0.480 e. The Balaban J connectivity index is 1.33. The number of carboxylic acids is 1. The van der Waals surface area contributed by atoms with Crippen molar-refractivity contribution >= 4 is 18.0 Å². The van der Waals surface area contributed by atoms with Crippen molar-refractivity contribution in [2.75, 3.05) is 26.7 Å². The summed E-state index contributed by atoms with van der Waals surface area (Å²) in [6.45, 7) is 5.09. The number of likely N-dealkylation sites (N-methyl/N-ethyl adjacent to an activating group) is 1. The molecule has 5 rings (SSSR count). The van der Waals surface area contributed by atoms with Gasteiger partial charge in [-0.2, -0.15) is 0 Å². The number of likely N-dealkylation sites (tertiary alicyclic amines) is 1. The molecule has 3 aromatic carbocycles. The van der Waals surface area contributed by atoms with E-state index in [1.165, 1.54) is 4.90 Å². The molecule has 8 heteroatoms. The Kier molecular flexibility index (Phi) is 8.92. The molecule has 1 fully saturated rings. The maximum atomic E-state index is 14.0. The van der Waals surface area contributed by atoms with Gasteiger partial charge in [-0.15, -0.1) is 0 Å². The average Bonchev–Trinajstić information content (AvgIpc) is 3.28. The lowest BCUT2D eigenvalue weighted by Gasteiger charge is -2.42. The number of ether oxygens (including phenoxy) is 1. The van der Waals surface area contributed by atoms with Crippen LogP contribution in [0.5, 0.6) is 0 Å². The Morgan fingerprint density at radius 3 is 2.17 bits per heavy atom. The minimum atomic E-state index is -1.03. The Bertz CT molecular complexity index is 1380. The summed E-state index contributed by atoms with van der Waals surface area (Å²) in [4.78, 5) is 42.9. The lowest BCUT2D eigenvalue weighted by atomic mass is 9.84. The first kappa shape index (κ1) is 29.3. The van der Waals surface area contributed by atoms with E-state index in [-0.39, 0.29) is 30.9 Å². The van der Waals surface area contributed by atoms with Crippen molar-refractivity contribution in [2.45, 2.75) is 44.8 Å². The fourth-order valence-corrected chi connectivity index (χ4v) is 6.64. The molecule has 42 heavy (non-hydrogen) atoms. The zero-order valence-corrected chi connectivity index (χ0v) is 24.4. The number of piperidine rings is 1. The number of hydrogen-bond donors (Lipinski definition) is 2. The number of nitrogens with one attached hydrogen (secondary N) is 1. The second-order valence-corrected chi connectivity index (χ2v) is 11.8. The summed E-state index contributed by atoms with van der Waals surface area (Å²) >= 11 is 0. The predicted octanol–water partition coefficient (Wildman–Crippen LogP) is 4.98. The van der Waals surface area contributed by atoms with E-state index >= 15 is 0 Å². The normalized spacial score (nSPS) is 20.5. The number of nitrogens with zero attached hydrogens (tertiary/aromatic N) is 2. The Morgan fingerprint density at radius 2 is 1.55 bits per heavy atom. The molecule has 2 amide bonds. The van der Waals surface area contributed by atoms with Gasteiger partial charge >= 0.3 is 12.1 Å². The van der Waals surface area contributed by atoms with Gasteiger partial charge in [0, 0.05) is 25.6 Å². The first-order valence-corrected chi connectivity index (χ1v) is 14.6. The quantitative estimate of drug-likeness (QED) is 0.377. The van der Waals surface area contributed by atoms with Gasteiger partial charge in [0.1, 0.15) is 18.7 Å². The number of hydrogen-bond acceptors (Lipinski definition) is 5. The molecule has 0 radical (unpaired) electrons. The number of benzene rings is 3. The largest absolute Gasteiger partial charge is 0.480 e. The number of carbonyl (C=O) groups is 3. The maximum absolute atomic E-state index is 14.0. The van der Waals surface area contributed by atoms with Crippen molar-refractivity contribution in [3.63, 3.8) is 0 Å². The zero-order chi connectivity index (χ0) is 29.8. The van der Waals surface area contributed by atoms with Gasteiger partial charge in [-0.05, 0) is 53.1 Å². The van der Waals surface area contributed by atoms with Crippen LogP contribution < -0.4 is 5.32 Å². The van der Waals surface area contributed by atoms with Gasteiger partial charge in [0.05, 0.1) is 0 Å². The second kappa shape index (κ2) is 12.8. The molecule has 4 unspecified atom stereocenters. The van der Waals surface area contributed by atoms with Crippen LogP contribution in [0.1, 0.15) is 42.9 Å². The molecule has 2 N–H and O–H groups in total. The third kappa shape index (κ3) is 6.34. The molecular weight excluding hydrogens is 530 g/mol. The highest BCUT2D eigenvalue weighted by atomic mass is 16.5. The van der Waals surface area contributed by atoms with Crippen LogP contribution in [-0.2, 0) is 20.9 Å². The fraction of sp³-hybridized carbons (Fsp3) is 0.382. The Hall–Kier alpha value is -4.17. The molecule has 0 bridgehead atoms. The molecule has 3 aromatic rings. The fourth-order valence-electron chi connectivity index (χ4n) is 6.64. The van der Waals surface area contributed by atoms with Gasteiger partial charge in [0.25, 0.3) is 0 Å². The van der Waals surface area contributed by atoms with Gasteiger partial charge in [-0.25, -0.2) is 9.59 Å². The SMILES string of the molecule is CC1CC(C)C(C(=O)O)N(C(=O)C(CN(C)Cc2ccccc2)NC(=O)OCC2c3ccccc3-c3ccccc32)C1. The van der Waals surface area contributed by atoms with Crippen molar-refractivity contribution in [1.29, 1.82) is 0 Å². The molecule has 2 aliphatic rings. The average molecular weight is 570 g/mol. The first-order chi connectivity index (χ1) is 20.2. The molecule has 8 nitrogen and oxygen atoms in total. The van der Waals surface area contributed by atoms with Crippen LogP contribution >= 0.6 is 0 Å². The number of amides is 2. The maximum Gasteiger partial charge on any atom is 0.407 e. The van der Waals surface area contributed by atoms with Crippen LogP contribution in [0.2, 0.25) is 0 Å². The van der Waals surface area contributed by atoms with E-state index in [0.29, 0.717) is 13.1 Å². The van der Waals surface area contributed by atoms with E-state index in [9.17, 15) is 19.5 Å². The van der Waals surface area contributed by atoms with Crippen molar-refractivity contribution in [1.82, 2.24) is 15.1 Å². The predicted molar refractivity (Wildman–Crippen MR) is 161 cm³/mol. The van der Waals surface area contributed by atoms with Crippen LogP contribution in [-0.4, -0.2) is 71.7 Å². The van der Waals surface area contributed by atoms with E-state index in [0.717, 1.165) is 34.2 Å². The summed E-state index contributed by atoms with van der Waals surface area (Å²) in [5.41, 5.74) is 5.53. The molecule has 0 aromatic heterocycles. The molecule has 1 saturated heterocycles. The molecule has 1 heterocycles. The summed E-state index contributed by atoms with van der Waals surface area (Å²) in [6, 6.07) is 24.1. The summed E-state index contributed by atoms with van der Waals surface area (Å²) in [5.74, 6) is -1.60. The number of fused-ring (bicyclic) bond motifs is 3. The monoisotopic (exact) mass is 569 g/mol. The molecular formula is C34H39N3O5. The van der Waals surface area contributed by atoms with Gasteiger partial charge in [0.15, 0.2) is 0 Å². The van der Waals surface area contributed by atoms with Crippen molar-refractivity contribution in [3.8, 4) is 11.1 Å². The number of alkyl carbamates (subject to hydrolysis) is 1. The highest BCUT2D eigenvalue weighted by molar-refractivity contribution is 5.90. The van der Waals surface area contributed by atoms with Crippen LogP contribution in [0.4, 0.5) is 4.79 Å². The zero-order valence-electron chi connectivity index (χ0n) is 24.4. The molecule has 0 saturated carbocycles. The van der Waals surface area contributed by atoms with Crippen molar-refractivity contribution in [2.24, 2.45) is 11.8 Å². The third-order valence-electron chi connectivity index (χ3n) is 8.42. The summed E-state index contributed by atoms with van der Waals surface area (Å²) in [6.07, 6.45) is 0.0207. The number of carboxylic acid groups (broad SMARTS) is 1. The van der Waals surface area contributed by atoms with E-state index in [4.69, 9.17) is 4.74 Å². The lowest BCUT2D eigenvalue weighted by molar-refractivity contribution is -0.157. The van der Waals surface area contributed by atoms with E-state index in [1.54, 1.807) is 0 Å². The van der Waals surface area contributed by atoms with Crippen LogP contribution in [0.25, 0.3) is 11.1 Å². The smallest absolute Gasteiger partial charge is 0.407 e. The van der Waals surface area contributed by atoms with Gasteiger partial charge in [-0.1, -0.05) is 92.7 Å². The molecule has 1 aliphatic heterocycles. The van der Waals surface area contributed by atoms with Crippen molar-refractivity contribution < 1.29 is 24.2 Å². The van der Waals surface area contributed by atoms with Gasteiger partial charge in [-0.3, -0.25) is 9.69 Å². The molecule has 220 valence electrons. The van der Waals surface area contributed by atoms with Crippen LogP contribution in [0.15, 0.2) is 78.9 Å². The summed E-state index contributed by atoms with van der Waals surface area (Å²) in [5, 5.41) is 12.8. The Labute approximate surface area is 247 Å². The highest BCUT2D eigenvalue weighted by Gasteiger charge is 2.42. The van der Waals surface area contributed by atoms with Gasteiger partial charge < -0.3 is 20.1 Å². The molecule has 0 spiro atoms. The third-order valence-corrected chi connectivity index (χ3v) is 8.42. The summed E-state index contributed by atoms with van der Waals surface area (Å²) < 4.78 is 5.77. The number of rotatable bonds is 9. The lowest BCUT2D eigenvalue weighted by Crippen LogP contribution is -2.61. The highest BCUT2D eigenvalue weighted by Crippen LogP contribution is 2.44. The van der Waals surface area contributed by atoms with Crippen molar-refractivity contribution in [3.05, 3.63) is 95.6 Å². The molecule has 4 atom stereocenters. The number of carbonyl (C=O) groups excluding carboxylic acids is 2. The standard InChI is InChI=1S/C34H39N3O5/c1-22-17-23(2)31(33(39)40)37(18-22)32(38)30(20-36(3)19-24-11-5-4-6-12-24)35-34(41)42-21-29-27-15-9-7-13-25(27)26-14-8-10-16-28(26)29/h4-16,22-23,29-31H,17-21H2,1-3H3,(H,35,41)(H,39,40). The summed E-state index contributed by atoms with van der Waals surface area (Å²) in [7, 11) is 1.88. The van der Waals surface area contributed by atoms with E-state index in [2.05, 4.69) is 29.6 Å². The topological polar surface area (TPSA) is 99.2 Å². The van der Waals surface area contributed by atoms with Gasteiger partial charge in [0.2, 0.25) is 5.91 Å². The van der Waals surface area contributed by atoms with Crippen LogP contribution in [0.3, 0.4) is 0 Å². The Morgan fingerprint density at radius 1 is 0.952 bits per heavy atom. The number of aliphatic carboxylic acids is 1. The second-order valence-electron chi connectivity index (χ2n) is 11.8.